The number of halogens is 1. The van der Waals surface area contributed by atoms with Crippen molar-refractivity contribution in [1.29, 1.82) is 0 Å². The number of carbonyl (C=O) groups excluding carboxylic acids is 1. The van der Waals surface area contributed by atoms with Crippen LogP contribution in [0.5, 0.6) is 0 Å². The lowest BCUT2D eigenvalue weighted by Gasteiger charge is -2.18. The van der Waals surface area contributed by atoms with E-state index in [4.69, 9.17) is 0 Å². The van der Waals surface area contributed by atoms with Gasteiger partial charge in [-0.2, -0.15) is 0 Å². The topological polar surface area (TPSA) is 49.3 Å². The van der Waals surface area contributed by atoms with E-state index in [9.17, 15) is 14.3 Å². The van der Waals surface area contributed by atoms with Gasteiger partial charge < -0.3 is 10.4 Å². The van der Waals surface area contributed by atoms with Crippen molar-refractivity contribution >= 4 is 17.7 Å². The predicted molar refractivity (Wildman–Crippen MR) is 84.5 cm³/mol. The molecule has 1 amide bonds. The largest absolute Gasteiger partial charge is 0.390 e. The second-order valence-electron chi connectivity index (χ2n) is 5.27. The molecule has 2 N–H and O–H groups in total. The molecular formula is C17H16FNO2S. The normalized spacial score (nSPS) is 19.8. The van der Waals surface area contributed by atoms with Crippen LogP contribution < -0.4 is 5.32 Å². The minimum Gasteiger partial charge on any atom is -0.390 e. The number of benzene rings is 2. The third-order valence-corrected chi connectivity index (χ3v) is 4.66. The van der Waals surface area contributed by atoms with Gasteiger partial charge in [0.05, 0.1) is 12.1 Å². The van der Waals surface area contributed by atoms with Crippen molar-refractivity contribution in [3.8, 4) is 0 Å². The molecule has 0 radical (unpaired) electrons. The molecule has 2 aromatic rings. The molecular weight excluding hydrogens is 301 g/mol. The van der Waals surface area contributed by atoms with Crippen molar-refractivity contribution < 1.29 is 14.3 Å². The van der Waals surface area contributed by atoms with Crippen molar-refractivity contribution in [3.05, 3.63) is 65.0 Å². The van der Waals surface area contributed by atoms with Gasteiger partial charge in [0.15, 0.2) is 0 Å². The molecule has 0 fully saturated rings. The molecule has 2 atom stereocenters. The SMILES string of the molecule is CSc1cc(C(=O)NC2c3ccccc3CC2O)ccc1F. The summed E-state index contributed by atoms with van der Waals surface area (Å²) in [6.45, 7) is 0. The maximum Gasteiger partial charge on any atom is 0.251 e. The Morgan fingerprint density at radius 3 is 2.86 bits per heavy atom. The van der Waals surface area contributed by atoms with E-state index in [0.717, 1.165) is 11.1 Å². The standard InChI is InChI=1S/C17H16FNO2S/c1-22-15-9-11(6-7-13(15)18)17(21)19-16-12-5-3-2-4-10(12)8-14(16)20/h2-7,9,14,16,20H,8H2,1H3,(H,19,21). The summed E-state index contributed by atoms with van der Waals surface area (Å²) in [7, 11) is 0. The summed E-state index contributed by atoms with van der Waals surface area (Å²) in [6, 6.07) is 11.5. The number of fused-ring (bicyclic) bond motifs is 1. The lowest BCUT2D eigenvalue weighted by molar-refractivity contribution is 0.0858. The molecule has 0 saturated heterocycles. The zero-order chi connectivity index (χ0) is 15.7. The Hall–Kier alpha value is -1.85. The number of hydrogen-bond acceptors (Lipinski definition) is 3. The second kappa shape index (κ2) is 6.10. The summed E-state index contributed by atoms with van der Waals surface area (Å²) in [4.78, 5) is 12.8. The number of nitrogens with one attached hydrogen (secondary N) is 1. The molecule has 1 aliphatic rings. The molecule has 2 aromatic carbocycles. The van der Waals surface area contributed by atoms with Crippen LogP contribution in [0.1, 0.15) is 27.5 Å². The minimum atomic E-state index is -0.637. The van der Waals surface area contributed by atoms with Crippen LogP contribution >= 0.6 is 11.8 Å². The molecule has 3 rings (SSSR count). The summed E-state index contributed by atoms with van der Waals surface area (Å²) in [5.41, 5.74) is 2.38. The zero-order valence-corrected chi connectivity index (χ0v) is 12.9. The van der Waals surface area contributed by atoms with Gasteiger partial charge in [-0.1, -0.05) is 24.3 Å². The lowest BCUT2D eigenvalue weighted by Crippen LogP contribution is -2.33. The number of aliphatic hydroxyl groups excluding tert-OH is 1. The molecule has 114 valence electrons. The van der Waals surface area contributed by atoms with E-state index in [1.165, 1.54) is 30.0 Å². The molecule has 0 bridgehead atoms. The third kappa shape index (κ3) is 2.74. The predicted octanol–water partition coefficient (Wildman–Crippen LogP) is 2.94. The van der Waals surface area contributed by atoms with E-state index in [1.807, 2.05) is 24.3 Å². The monoisotopic (exact) mass is 317 g/mol. The average molecular weight is 317 g/mol. The van der Waals surface area contributed by atoms with Crippen LogP contribution in [-0.2, 0) is 6.42 Å². The average Bonchev–Trinajstić information content (AvgIpc) is 2.84. The lowest BCUT2D eigenvalue weighted by atomic mass is 10.1. The number of rotatable bonds is 3. The van der Waals surface area contributed by atoms with Crippen LogP contribution in [-0.4, -0.2) is 23.4 Å². The number of hydrogen-bond donors (Lipinski definition) is 2. The Morgan fingerprint density at radius 1 is 1.32 bits per heavy atom. The van der Waals surface area contributed by atoms with Crippen LogP contribution in [0, 0.1) is 5.82 Å². The Kier molecular flexibility index (Phi) is 4.18. The fourth-order valence-corrected chi connectivity index (χ4v) is 3.28. The summed E-state index contributed by atoms with van der Waals surface area (Å²) < 4.78 is 13.5. The Balaban J connectivity index is 1.83. The van der Waals surface area contributed by atoms with Gasteiger partial charge in [-0.3, -0.25) is 4.79 Å². The van der Waals surface area contributed by atoms with Crippen LogP contribution in [0.2, 0.25) is 0 Å². The highest BCUT2D eigenvalue weighted by molar-refractivity contribution is 7.98. The van der Waals surface area contributed by atoms with E-state index in [1.54, 1.807) is 6.26 Å². The third-order valence-electron chi connectivity index (χ3n) is 3.90. The van der Waals surface area contributed by atoms with Gasteiger partial charge >= 0.3 is 0 Å². The van der Waals surface area contributed by atoms with E-state index < -0.39 is 12.1 Å². The molecule has 5 heteroatoms. The Labute approximate surface area is 132 Å². The molecule has 22 heavy (non-hydrogen) atoms. The van der Waals surface area contributed by atoms with Crippen molar-refractivity contribution in [2.45, 2.75) is 23.5 Å². The Bertz CT molecular complexity index is 720. The highest BCUT2D eigenvalue weighted by atomic mass is 32.2. The van der Waals surface area contributed by atoms with Crippen LogP contribution in [0.25, 0.3) is 0 Å². The first-order chi connectivity index (χ1) is 10.6. The molecule has 0 aliphatic heterocycles. The molecule has 0 spiro atoms. The van der Waals surface area contributed by atoms with Crippen molar-refractivity contribution in [2.24, 2.45) is 0 Å². The number of carbonyl (C=O) groups is 1. The maximum atomic E-state index is 13.5. The smallest absolute Gasteiger partial charge is 0.251 e. The van der Waals surface area contributed by atoms with E-state index in [0.29, 0.717) is 16.9 Å². The highest BCUT2D eigenvalue weighted by Gasteiger charge is 2.32. The van der Waals surface area contributed by atoms with Crippen LogP contribution in [0.4, 0.5) is 4.39 Å². The van der Waals surface area contributed by atoms with Gasteiger partial charge in [0.1, 0.15) is 5.82 Å². The van der Waals surface area contributed by atoms with E-state index >= 15 is 0 Å². The fourth-order valence-electron chi connectivity index (χ4n) is 2.77. The zero-order valence-electron chi connectivity index (χ0n) is 12.0. The molecule has 3 nitrogen and oxygen atoms in total. The molecule has 0 heterocycles. The maximum absolute atomic E-state index is 13.5. The summed E-state index contributed by atoms with van der Waals surface area (Å²) in [5.74, 6) is -0.647. The summed E-state index contributed by atoms with van der Waals surface area (Å²) in [6.07, 6.45) is 1.65. The van der Waals surface area contributed by atoms with Crippen LogP contribution in [0.3, 0.4) is 0 Å². The van der Waals surface area contributed by atoms with E-state index in [2.05, 4.69) is 5.32 Å². The highest BCUT2D eigenvalue weighted by Crippen LogP contribution is 2.31. The summed E-state index contributed by atoms with van der Waals surface area (Å²) in [5, 5.41) is 13.0. The molecule has 2 unspecified atom stereocenters. The minimum absolute atomic E-state index is 0.309. The van der Waals surface area contributed by atoms with Gasteiger partial charge in [0.25, 0.3) is 5.91 Å². The summed E-state index contributed by atoms with van der Waals surface area (Å²) >= 11 is 1.25. The molecule has 1 aliphatic carbocycles. The quantitative estimate of drug-likeness (QED) is 0.856. The van der Waals surface area contributed by atoms with Gasteiger partial charge in [0.2, 0.25) is 0 Å². The first-order valence-electron chi connectivity index (χ1n) is 7.00. The first kappa shape index (κ1) is 15.1. The van der Waals surface area contributed by atoms with Crippen LogP contribution in [0.15, 0.2) is 47.4 Å². The van der Waals surface area contributed by atoms with Crippen molar-refractivity contribution in [2.75, 3.05) is 6.26 Å². The van der Waals surface area contributed by atoms with Gasteiger partial charge in [-0.05, 0) is 35.6 Å². The van der Waals surface area contributed by atoms with Gasteiger partial charge in [0, 0.05) is 16.9 Å². The van der Waals surface area contributed by atoms with Gasteiger partial charge in [-0.15, -0.1) is 11.8 Å². The molecule has 0 aromatic heterocycles. The second-order valence-corrected chi connectivity index (χ2v) is 6.12. The van der Waals surface area contributed by atoms with Crippen molar-refractivity contribution in [3.63, 3.8) is 0 Å². The molecule has 0 saturated carbocycles. The fraction of sp³-hybridized carbons (Fsp3) is 0.235. The number of aliphatic hydroxyl groups is 1. The first-order valence-corrected chi connectivity index (χ1v) is 8.23. The van der Waals surface area contributed by atoms with Gasteiger partial charge in [-0.25, -0.2) is 4.39 Å². The van der Waals surface area contributed by atoms with Crippen molar-refractivity contribution in [1.82, 2.24) is 5.32 Å². The Morgan fingerprint density at radius 2 is 2.09 bits per heavy atom. The van der Waals surface area contributed by atoms with E-state index in [-0.39, 0.29) is 11.7 Å². The number of amides is 1. The number of thioether (sulfide) groups is 1.